The monoisotopic (exact) mass is 303 g/mol. The predicted octanol–water partition coefficient (Wildman–Crippen LogP) is 1.53. The Morgan fingerprint density at radius 2 is 1.68 bits per heavy atom. The van der Waals surface area contributed by atoms with Crippen LogP contribution in [0.2, 0.25) is 0 Å². The van der Waals surface area contributed by atoms with Crippen LogP contribution < -0.4 is 4.90 Å². The van der Waals surface area contributed by atoms with Crippen LogP contribution in [-0.4, -0.2) is 66.6 Å². The minimum absolute atomic E-state index is 0.318. The number of aromatic hydroxyl groups is 1. The van der Waals surface area contributed by atoms with E-state index in [9.17, 15) is 9.90 Å². The summed E-state index contributed by atoms with van der Waals surface area (Å²) in [6.07, 6.45) is 2.85. The summed E-state index contributed by atoms with van der Waals surface area (Å²) in [5.41, 5.74) is 1.18. The van der Waals surface area contributed by atoms with Gasteiger partial charge in [0, 0.05) is 51.4 Å². The third-order valence-corrected chi connectivity index (χ3v) is 4.66. The van der Waals surface area contributed by atoms with Gasteiger partial charge in [0.15, 0.2) is 0 Å². The van der Waals surface area contributed by atoms with Crippen molar-refractivity contribution in [2.24, 2.45) is 0 Å². The largest absolute Gasteiger partial charge is 0.508 e. The zero-order valence-corrected chi connectivity index (χ0v) is 13.1. The lowest BCUT2D eigenvalue weighted by molar-refractivity contribution is -0.127. The SMILES string of the molecule is O=C1CCCN1CCCN1CCN(c2ccc(O)cc2)CC1. The number of nitrogens with zero attached hydrogens (tertiary/aromatic N) is 3. The third-order valence-electron chi connectivity index (χ3n) is 4.66. The van der Waals surface area contributed by atoms with Gasteiger partial charge in [-0.05, 0) is 43.7 Å². The first kappa shape index (κ1) is 15.2. The average molecular weight is 303 g/mol. The summed E-state index contributed by atoms with van der Waals surface area (Å²) in [6.45, 7) is 7.11. The molecule has 0 atom stereocenters. The van der Waals surface area contributed by atoms with E-state index in [2.05, 4.69) is 9.80 Å². The minimum atomic E-state index is 0.318. The Labute approximate surface area is 132 Å². The number of carbonyl (C=O) groups is 1. The third kappa shape index (κ3) is 3.71. The van der Waals surface area contributed by atoms with E-state index in [-0.39, 0.29) is 0 Å². The second-order valence-corrected chi connectivity index (χ2v) is 6.18. The molecule has 0 aliphatic carbocycles. The van der Waals surface area contributed by atoms with Gasteiger partial charge in [-0.3, -0.25) is 9.69 Å². The van der Waals surface area contributed by atoms with E-state index in [1.807, 2.05) is 17.0 Å². The van der Waals surface area contributed by atoms with E-state index in [1.165, 1.54) is 5.69 Å². The first-order chi connectivity index (χ1) is 10.7. The Morgan fingerprint density at radius 3 is 2.32 bits per heavy atom. The lowest BCUT2D eigenvalue weighted by Crippen LogP contribution is -2.47. The van der Waals surface area contributed by atoms with E-state index in [0.717, 1.165) is 65.1 Å². The Bertz CT molecular complexity index is 495. The summed E-state index contributed by atoms with van der Waals surface area (Å²) in [5, 5.41) is 9.35. The van der Waals surface area contributed by atoms with Crippen LogP contribution in [0.15, 0.2) is 24.3 Å². The van der Waals surface area contributed by atoms with Crippen LogP contribution in [0.5, 0.6) is 5.75 Å². The first-order valence-corrected chi connectivity index (χ1v) is 8.26. The lowest BCUT2D eigenvalue weighted by atomic mass is 10.2. The highest BCUT2D eigenvalue weighted by Crippen LogP contribution is 2.20. The van der Waals surface area contributed by atoms with E-state index in [0.29, 0.717) is 11.7 Å². The molecule has 0 spiro atoms. The average Bonchev–Trinajstić information content (AvgIpc) is 2.94. The molecule has 0 unspecified atom stereocenters. The molecule has 2 heterocycles. The molecule has 0 aromatic heterocycles. The van der Waals surface area contributed by atoms with Gasteiger partial charge in [0.2, 0.25) is 5.91 Å². The van der Waals surface area contributed by atoms with Crippen molar-refractivity contribution < 1.29 is 9.90 Å². The highest BCUT2D eigenvalue weighted by Gasteiger charge is 2.21. The van der Waals surface area contributed by atoms with Crippen molar-refractivity contribution in [1.82, 2.24) is 9.80 Å². The molecule has 1 N–H and O–H groups in total. The highest BCUT2D eigenvalue weighted by atomic mass is 16.3. The first-order valence-electron chi connectivity index (χ1n) is 8.26. The van der Waals surface area contributed by atoms with Gasteiger partial charge in [0.1, 0.15) is 5.75 Å². The molecule has 5 nitrogen and oxygen atoms in total. The number of piperazine rings is 1. The maximum atomic E-state index is 11.6. The molecular weight excluding hydrogens is 278 g/mol. The maximum absolute atomic E-state index is 11.6. The van der Waals surface area contributed by atoms with Gasteiger partial charge in [0.05, 0.1) is 0 Å². The zero-order chi connectivity index (χ0) is 15.4. The van der Waals surface area contributed by atoms with Crippen LogP contribution >= 0.6 is 0 Å². The zero-order valence-electron chi connectivity index (χ0n) is 13.1. The predicted molar refractivity (Wildman–Crippen MR) is 87.2 cm³/mol. The number of carbonyl (C=O) groups excluding carboxylic acids is 1. The highest BCUT2D eigenvalue weighted by molar-refractivity contribution is 5.77. The fraction of sp³-hybridized carbons (Fsp3) is 0.588. The van der Waals surface area contributed by atoms with E-state index in [4.69, 9.17) is 0 Å². The Balaban J connectivity index is 1.38. The summed E-state index contributed by atoms with van der Waals surface area (Å²) in [6, 6.07) is 7.44. The molecule has 120 valence electrons. The van der Waals surface area contributed by atoms with Gasteiger partial charge >= 0.3 is 0 Å². The second kappa shape index (κ2) is 7.01. The van der Waals surface area contributed by atoms with E-state index in [1.54, 1.807) is 12.1 Å². The van der Waals surface area contributed by atoms with Crippen LogP contribution in [0.3, 0.4) is 0 Å². The number of rotatable bonds is 5. The standard InChI is InChI=1S/C17H25N3O2/c21-16-6-4-15(5-7-16)19-13-11-18(12-14-19)8-2-10-20-9-1-3-17(20)22/h4-7,21H,1-3,8-14H2. The van der Waals surface area contributed by atoms with Crippen LogP contribution in [0.25, 0.3) is 0 Å². The topological polar surface area (TPSA) is 47.0 Å². The van der Waals surface area contributed by atoms with Gasteiger partial charge in [-0.1, -0.05) is 0 Å². The molecule has 2 aliphatic rings. The molecule has 3 rings (SSSR count). The van der Waals surface area contributed by atoms with Crippen molar-refractivity contribution in [3.63, 3.8) is 0 Å². The molecule has 2 fully saturated rings. The molecule has 1 aromatic carbocycles. The van der Waals surface area contributed by atoms with Crippen molar-refractivity contribution in [3.05, 3.63) is 24.3 Å². The smallest absolute Gasteiger partial charge is 0.222 e. The number of phenolic OH excluding ortho intramolecular Hbond substituents is 1. The van der Waals surface area contributed by atoms with Crippen LogP contribution in [0, 0.1) is 0 Å². The normalized spacial score (nSPS) is 19.9. The molecule has 0 bridgehead atoms. The fourth-order valence-corrected chi connectivity index (χ4v) is 3.32. The van der Waals surface area contributed by atoms with Gasteiger partial charge in [-0.2, -0.15) is 0 Å². The summed E-state index contributed by atoms with van der Waals surface area (Å²) < 4.78 is 0. The number of phenols is 1. The van der Waals surface area contributed by atoms with Crippen LogP contribution in [-0.2, 0) is 4.79 Å². The Kier molecular flexibility index (Phi) is 4.83. The summed E-state index contributed by atoms with van der Waals surface area (Å²) in [5.74, 6) is 0.649. The Morgan fingerprint density at radius 1 is 0.955 bits per heavy atom. The van der Waals surface area contributed by atoms with Crippen molar-refractivity contribution in [1.29, 1.82) is 0 Å². The minimum Gasteiger partial charge on any atom is -0.508 e. The summed E-state index contributed by atoms with van der Waals surface area (Å²) >= 11 is 0. The Hall–Kier alpha value is -1.75. The number of benzene rings is 1. The molecule has 5 heteroatoms. The van der Waals surface area contributed by atoms with Gasteiger partial charge in [-0.15, -0.1) is 0 Å². The van der Waals surface area contributed by atoms with Crippen LogP contribution in [0.1, 0.15) is 19.3 Å². The molecule has 1 amide bonds. The van der Waals surface area contributed by atoms with Gasteiger partial charge in [0.25, 0.3) is 0 Å². The number of anilines is 1. The fourth-order valence-electron chi connectivity index (χ4n) is 3.32. The summed E-state index contributed by atoms with van der Waals surface area (Å²) in [4.78, 5) is 18.4. The molecular formula is C17H25N3O2. The van der Waals surface area contributed by atoms with E-state index < -0.39 is 0 Å². The van der Waals surface area contributed by atoms with E-state index >= 15 is 0 Å². The quantitative estimate of drug-likeness (QED) is 0.896. The maximum Gasteiger partial charge on any atom is 0.222 e. The van der Waals surface area contributed by atoms with Crippen molar-refractivity contribution in [2.45, 2.75) is 19.3 Å². The van der Waals surface area contributed by atoms with Crippen molar-refractivity contribution in [3.8, 4) is 5.75 Å². The van der Waals surface area contributed by atoms with Gasteiger partial charge < -0.3 is 14.9 Å². The lowest BCUT2D eigenvalue weighted by Gasteiger charge is -2.36. The summed E-state index contributed by atoms with van der Waals surface area (Å²) in [7, 11) is 0. The van der Waals surface area contributed by atoms with Crippen molar-refractivity contribution in [2.75, 3.05) is 50.7 Å². The molecule has 0 radical (unpaired) electrons. The molecule has 2 aliphatic heterocycles. The molecule has 2 saturated heterocycles. The number of amides is 1. The second-order valence-electron chi connectivity index (χ2n) is 6.18. The van der Waals surface area contributed by atoms with Gasteiger partial charge in [-0.25, -0.2) is 0 Å². The van der Waals surface area contributed by atoms with Crippen molar-refractivity contribution >= 4 is 11.6 Å². The molecule has 1 aromatic rings. The number of hydrogen-bond acceptors (Lipinski definition) is 4. The number of likely N-dealkylation sites (tertiary alicyclic amines) is 1. The molecule has 22 heavy (non-hydrogen) atoms. The number of hydrogen-bond donors (Lipinski definition) is 1. The molecule has 0 saturated carbocycles. The van der Waals surface area contributed by atoms with Crippen LogP contribution in [0.4, 0.5) is 5.69 Å².